The lowest BCUT2D eigenvalue weighted by Gasteiger charge is -2.20. The van der Waals surface area contributed by atoms with E-state index in [1.54, 1.807) is 0 Å². The molecule has 114 valence electrons. The monoisotopic (exact) mass is 293 g/mol. The average Bonchev–Trinajstić information content (AvgIpc) is 2.41. The second kappa shape index (κ2) is 8.74. The van der Waals surface area contributed by atoms with E-state index in [9.17, 15) is 0 Å². The number of thioether (sulfide) groups is 1. The molecule has 1 nitrogen and oxygen atoms in total. The van der Waals surface area contributed by atoms with Crippen LogP contribution in [0.25, 0.3) is 0 Å². The summed E-state index contributed by atoms with van der Waals surface area (Å²) in [5.74, 6) is 1.30. The van der Waals surface area contributed by atoms with Crippen molar-refractivity contribution in [3.63, 3.8) is 0 Å². The fraction of sp³-hybridized carbons (Fsp3) is 0.667. The molecule has 0 heterocycles. The first kappa shape index (κ1) is 17.6. The highest BCUT2D eigenvalue weighted by molar-refractivity contribution is 7.98. The highest BCUT2D eigenvalue weighted by Gasteiger charge is 2.13. The van der Waals surface area contributed by atoms with Gasteiger partial charge in [-0.15, -0.1) is 0 Å². The molecule has 0 aliphatic carbocycles. The van der Waals surface area contributed by atoms with Crippen LogP contribution in [0.3, 0.4) is 0 Å². The Labute approximate surface area is 129 Å². The van der Waals surface area contributed by atoms with Crippen LogP contribution in [0.15, 0.2) is 24.3 Å². The predicted octanol–water partition coefficient (Wildman–Crippen LogP) is 5.17. The minimum Gasteiger partial charge on any atom is -0.310 e. The normalized spacial score (nSPS) is 13.4. The molecule has 2 heteroatoms. The standard InChI is InChI=1S/C18H31NS/c1-15(19-13-7-6-8-14-20-5)16-9-11-17(12-10-16)18(2,3)4/h9-12,15,19H,6-8,13-14H2,1-5H3. The molecule has 20 heavy (non-hydrogen) atoms. The van der Waals surface area contributed by atoms with Gasteiger partial charge in [0.05, 0.1) is 0 Å². The van der Waals surface area contributed by atoms with Gasteiger partial charge in [-0.1, -0.05) is 51.5 Å². The van der Waals surface area contributed by atoms with Gasteiger partial charge in [0.15, 0.2) is 0 Å². The van der Waals surface area contributed by atoms with Gasteiger partial charge in [0.1, 0.15) is 0 Å². The van der Waals surface area contributed by atoms with Crippen LogP contribution in [0, 0.1) is 0 Å². The van der Waals surface area contributed by atoms with E-state index in [0.29, 0.717) is 6.04 Å². The molecular formula is C18H31NS. The van der Waals surface area contributed by atoms with Crippen molar-refractivity contribution >= 4 is 11.8 Å². The van der Waals surface area contributed by atoms with Crippen molar-refractivity contribution in [2.75, 3.05) is 18.6 Å². The zero-order chi connectivity index (χ0) is 15.0. The first-order chi connectivity index (χ1) is 9.45. The third-order valence-electron chi connectivity index (χ3n) is 3.75. The summed E-state index contributed by atoms with van der Waals surface area (Å²) in [6.07, 6.45) is 6.15. The minimum absolute atomic E-state index is 0.243. The third-order valence-corrected chi connectivity index (χ3v) is 4.45. The summed E-state index contributed by atoms with van der Waals surface area (Å²) in [5.41, 5.74) is 3.04. The quantitative estimate of drug-likeness (QED) is 0.664. The molecule has 0 amide bonds. The Kier molecular flexibility index (Phi) is 7.68. The molecule has 0 fully saturated rings. The molecule has 0 saturated heterocycles. The Morgan fingerprint density at radius 3 is 2.25 bits per heavy atom. The van der Waals surface area contributed by atoms with Gasteiger partial charge >= 0.3 is 0 Å². The van der Waals surface area contributed by atoms with Crippen molar-refractivity contribution in [1.29, 1.82) is 0 Å². The Morgan fingerprint density at radius 1 is 1.05 bits per heavy atom. The molecule has 0 saturated carbocycles. The van der Waals surface area contributed by atoms with Gasteiger partial charge in [-0.3, -0.25) is 0 Å². The van der Waals surface area contributed by atoms with Gasteiger partial charge < -0.3 is 5.32 Å². The van der Waals surface area contributed by atoms with Crippen LogP contribution in [0.1, 0.15) is 64.1 Å². The van der Waals surface area contributed by atoms with Gasteiger partial charge in [-0.25, -0.2) is 0 Å². The van der Waals surface area contributed by atoms with Crippen LogP contribution in [-0.4, -0.2) is 18.6 Å². The van der Waals surface area contributed by atoms with E-state index in [1.807, 2.05) is 11.8 Å². The van der Waals surface area contributed by atoms with Gasteiger partial charge in [0.2, 0.25) is 0 Å². The molecule has 1 unspecified atom stereocenters. The molecule has 1 atom stereocenters. The Bertz CT molecular complexity index is 364. The molecular weight excluding hydrogens is 262 g/mol. The molecule has 1 aromatic rings. The lowest BCUT2D eigenvalue weighted by molar-refractivity contribution is 0.543. The van der Waals surface area contributed by atoms with Crippen molar-refractivity contribution in [3.8, 4) is 0 Å². The van der Waals surface area contributed by atoms with Gasteiger partial charge in [0, 0.05) is 6.04 Å². The summed E-state index contributed by atoms with van der Waals surface area (Å²) in [6, 6.07) is 9.53. The molecule has 0 aliphatic heterocycles. The van der Waals surface area contributed by atoms with Crippen LogP contribution in [-0.2, 0) is 5.41 Å². The van der Waals surface area contributed by atoms with E-state index < -0.39 is 0 Å². The van der Waals surface area contributed by atoms with Crippen molar-refractivity contribution in [2.24, 2.45) is 0 Å². The highest BCUT2D eigenvalue weighted by atomic mass is 32.2. The van der Waals surface area contributed by atoms with Crippen LogP contribution < -0.4 is 5.32 Å². The van der Waals surface area contributed by atoms with Gasteiger partial charge in [-0.05, 0) is 54.9 Å². The number of nitrogens with one attached hydrogen (secondary N) is 1. The molecule has 1 N–H and O–H groups in total. The number of unbranched alkanes of at least 4 members (excludes halogenated alkanes) is 2. The summed E-state index contributed by atoms with van der Waals surface area (Å²) >= 11 is 1.95. The Hall–Kier alpha value is -0.470. The largest absolute Gasteiger partial charge is 0.310 e. The SMILES string of the molecule is CSCCCCCNC(C)c1ccc(C(C)(C)C)cc1. The predicted molar refractivity (Wildman–Crippen MR) is 93.8 cm³/mol. The Morgan fingerprint density at radius 2 is 1.70 bits per heavy atom. The van der Waals surface area contributed by atoms with E-state index in [2.05, 4.69) is 63.5 Å². The molecule has 1 aromatic carbocycles. The maximum Gasteiger partial charge on any atom is 0.0291 e. The highest BCUT2D eigenvalue weighted by Crippen LogP contribution is 2.23. The first-order valence-electron chi connectivity index (χ1n) is 7.78. The second-order valence-corrected chi connectivity index (χ2v) is 7.59. The number of benzene rings is 1. The second-order valence-electron chi connectivity index (χ2n) is 6.60. The first-order valence-corrected chi connectivity index (χ1v) is 9.17. The minimum atomic E-state index is 0.243. The zero-order valence-corrected chi connectivity index (χ0v) is 14.6. The van der Waals surface area contributed by atoms with Crippen LogP contribution >= 0.6 is 11.8 Å². The third kappa shape index (κ3) is 6.32. The lowest BCUT2D eigenvalue weighted by Crippen LogP contribution is -2.20. The van der Waals surface area contributed by atoms with E-state index in [0.717, 1.165) is 6.54 Å². The summed E-state index contributed by atoms with van der Waals surface area (Å²) in [7, 11) is 0. The molecule has 0 radical (unpaired) electrons. The fourth-order valence-electron chi connectivity index (χ4n) is 2.26. The summed E-state index contributed by atoms with van der Waals surface area (Å²) in [4.78, 5) is 0. The number of hydrogen-bond acceptors (Lipinski definition) is 2. The molecule has 0 spiro atoms. The summed E-state index contributed by atoms with van der Waals surface area (Å²) in [5, 5.41) is 3.63. The van der Waals surface area contributed by atoms with Crippen molar-refractivity contribution in [3.05, 3.63) is 35.4 Å². The maximum atomic E-state index is 3.63. The number of hydrogen-bond donors (Lipinski definition) is 1. The van der Waals surface area contributed by atoms with E-state index >= 15 is 0 Å². The van der Waals surface area contributed by atoms with Crippen molar-refractivity contribution < 1.29 is 0 Å². The lowest BCUT2D eigenvalue weighted by atomic mass is 9.86. The van der Waals surface area contributed by atoms with Crippen LogP contribution in [0.5, 0.6) is 0 Å². The van der Waals surface area contributed by atoms with Gasteiger partial charge in [0.25, 0.3) is 0 Å². The maximum absolute atomic E-state index is 3.63. The molecule has 0 bridgehead atoms. The fourth-order valence-corrected chi connectivity index (χ4v) is 2.75. The smallest absolute Gasteiger partial charge is 0.0291 e. The van der Waals surface area contributed by atoms with Crippen molar-refractivity contribution in [1.82, 2.24) is 5.32 Å². The molecule has 1 rings (SSSR count). The van der Waals surface area contributed by atoms with E-state index in [4.69, 9.17) is 0 Å². The molecule has 0 aliphatic rings. The van der Waals surface area contributed by atoms with Crippen molar-refractivity contribution in [2.45, 2.75) is 58.4 Å². The number of rotatable bonds is 8. The van der Waals surface area contributed by atoms with E-state index in [1.165, 1.54) is 36.1 Å². The summed E-state index contributed by atoms with van der Waals surface area (Å²) in [6.45, 7) is 10.2. The van der Waals surface area contributed by atoms with Gasteiger partial charge in [-0.2, -0.15) is 11.8 Å². The molecule has 0 aromatic heterocycles. The average molecular weight is 294 g/mol. The van der Waals surface area contributed by atoms with Crippen LogP contribution in [0.2, 0.25) is 0 Å². The van der Waals surface area contributed by atoms with Crippen LogP contribution in [0.4, 0.5) is 0 Å². The van der Waals surface area contributed by atoms with E-state index in [-0.39, 0.29) is 5.41 Å². The topological polar surface area (TPSA) is 12.0 Å². The summed E-state index contributed by atoms with van der Waals surface area (Å²) < 4.78 is 0. The zero-order valence-electron chi connectivity index (χ0n) is 13.8. The Balaban J connectivity index is 2.34.